The zero-order chi connectivity index (χ0) is 13.9. The summed E-state index contributed by atoms with van der Waals surface area (Å²) in [5, 5.41) is 0.768. The molecule has 3 aromatic carbocycles. The lowest BCUT2D eigenvalue weighted by molar-refractivity contribution is 1.57. The number of halogens is 2. The van der Waals surface area contributed by atoms with Gasteiger partial charge in [-0.15, -0.1) is 0 Å². The summed E-state index contributed by atoms with van der Waals surface area (Å²) in [6.45, 7) is 0. The molecule has 2 heteroatoms. The van der Waals surface area contributed by atoms with Gasteiger partial charge in [0, 0.05) is 15.1 Å². The van der Waals surface area contributed by atoms with E-state index in [2.05, 4.69) is 46.3 Å². The first-order valence-electron chi connectivity index (χ1n) is 6.35. The standard InChI is InChI=1S/C18H12BrCl/c19-17-9-5-4-8-15(17)14-10-11-16(18(20)12-14)13-6-2-1-3-7-13/h1-12H. The third-order valence-corrected chi connectivity index (χ3v) is 4.24. The van der Waals surface area contributed by atoms with Crippen LogP contribution in [0.15, 0.2) is 77.3 Å². The van der Waals surface area contributed by atoms with Crippen LogP contribution in [-0.2, 0) is 0 Å². The van der Waals surface area contributed by atoms with Crippen molar-refractivity contribution in [1.29, 1.82) is 0 Å². The minimum absolute atomic E-state index is 0.768. The molecule has 0 unspecified atom stereocenters. The molecule has 0 radical (unpaired) electrons. The van der Waals surface area contributed by atoms with Crippen LogP contribution in [0.3, 0.4) is 0 Å². The predicted octanol–water partition coefficient (Wildman–Crippen LogP) is 6.44. The van der Waals surface area contributed by atoms with Crippen LogP contribution in [0.1, 0.15) is 0 Å². The van der Waals surface area contributed by atoms with E-state index in [0.717, 1.165) is 31.7 Å². The smallest absolute Gasteiger partial charge is 0.0490 e. The van der Waals surface area contributed by atoms with Crippen molar-refractivity contribution in [3.05, 3.63) is 82.3 Å². The largest absolute Gasteiger partial charge is 0.0836 e. The summed E-state index contributed by atoms with van der Waals surface area (Å²) in [7, 11) is 0. The minimum Gasteiger partial charge on any atom is -0.0836 e. The summed E-state index contributed by atoms with van der Waals surface area (Å²) in [6.07, 6.45) is 0. The van der Waals surface area contributed by atoms with Crippen LogP contribution >= 0.6 is 27.5 Å². The van der Waals surface area contributed by atoms with Gasteiger partial charge in [0.1, 0.15) is 0 Å². The molecular weight excluding hydrogens is 332 g/mol. The van der Waals surface area contributed by atoms with Crippen LogP contribution in [-0.4, -0.2) is 0 Å². The molecule has 0 aliphatic rings. The Morgan fingerprint density at radius 3 is 2.05 bits per heavy atom. The highest BCUT2D eigenvalue weighted by Gasteiger charge is 2.07. The summed E-state index contributed by atoms with van der Waals surface area (Å²) in [5.41, 5.74) is 4.45. The monoisotopic (exact) mass is 342 g/mol. The molecule has 0 saturated heterocycles. The van der Waals surface area contributed by atoms with Gasteiger partial charge in [-0.2, -0.15) is 0 Å². The molecule has 0 nitrogen and oxygen atoms in total. The predicted molar refractivity (Wildman–Crippen MR) is 90.0 cm³/mol. The highest BCUT2D eigenvalue weighted by molar-refractivity contribution is 9.10. The quantitative estimate of drug-likeness (QED) is 0.502. The van der Waals surface area contributed by atoms with Gasteiger partial charge in [0.15, 0.2) is 0 Å². The Morgan fingerprint density at radius 2 is 1.35 bits per heavy atom. The SMILES string of the molecule is Clc1cc(-c2ccccc2Br)ccc1-c1ccccc1. The van der Waals surface area contributed by atoms with Gasteiger partial charge in [-0.3, -0.25) is 0 Å². The topological polar surface area (TPSA) is 0 Å². The van der Waals surface area contributed by atoms with Crippen LogP contribution in [0.25, 0.3) is 22.3 Å². The Bertz CT molecular complexity index is 735. The second kappa shape index (κ2) is 5.82. The Kier molecular flexibility index (Phi) is 3.90. The lowest BCUT2D eigenvalue weighted by atomic mass is 10.0. The number of rotatable bonds is 2. The molecule has 0 spiro atoms. The van der Waals surface area contributed by atoms with Crippen molar-refractivity contribution in [1.82, 2.24) is 0 Å². The molecule has 0 N–H and O–H groups in total. The van der Waals surface area contributed by atoms with Gasteiger partial charge in [0.05, 0.1) is 0 Å². The second-order valence-electron chi connectivity index (χ2n) is 4.54. The van der Waals surface area contributed by atoms with Crippen LogP contribution in [0, 0.1) is 0 Å². The van der Waals surface area contributed by atoms with E-state index < -0.39 is 0 Å². The van der Waals surface area contributed by atoms with E-state index in [4.69, 9.17) is 11.6 Å². The van der Waals surface area contributed by atoms with Crippen LogP contribution < -0.4 is 0 Å². The number of benzene rings is 3. The van der Waals surface area contributed by atoms with E-state index in [1.54, 1.807) is 0 Å². The maximum atomic E-state index is 6.45. The highest BCUT2D eigenvalue weighted by Crippen LogP contribution is 2.34. The Labute approximate surface area is 132 Å². The summed E-state index contributed by atoms with van der Waals surface area (Å²) >= 11 is 10.0. The van der Waals surface area contributed by atoms with Gasteiger partial charge >= 0.3 is 0 Å². The molecule has 20 heavy (non-hydrogen) atoms. The fourth-order valence-electron chi connectivity index (χ4n) is 2.23. The van der Waals surface area contributed by atoms with E-state index >= 15 is 0 Å². The maximum absolute atomic E-state index is 6.45. The molecule has 0 aromatic heterocycles. The fourth-order valence-corrected chi connectivity index (χ4v) is 3.03. The van der Waals surface area contributed by atoms with Crippen molar-refractivity contribution in [2.24, 2.45) is 0 Å². The van der Waals surface area contributed by atoms with Gasteiger partial charge in [0.25, 0.3) is 0 Å². The summed E-state index contributed by atoms with van der Waals surface area (Å²) < 4.78 is 1.07. The molecule has 3 rings (SSSR count). The summed E-state index contributed by atoms with van der Waals surface area (Å²) in [6, 6.07) is 24.5. The summed E-state index contributed by atoms with van der Waals surface area (Å²) in [5.74, 6) is 0. The molecular formula is C18H12BrCl. The number of hydrogen-bond donors (Lipinski definition) is 0. The molecule has 98 valence electrons. The minimum atomic E-state index is 0.768. The Balaban J connectivity index is 2.07. The zero-order valence-corrected chi connectivity index (χ0v) is 13.0. The van der Waals surface area contributed by atoms with Gasteiger partial charge in [0.2, 0.25) is 0 Å². The second-order valence-corrected chi connectivity index (χ2v) is 5.80. The lowest BCUT2D eigenvalue weighted by Crippen LogP contribution is -1.83. The van der Waals surface area contributed by atoms with Gasteiger partial charge in [-0.05, 0) is 28.8 Å². The molecule has 0 aliphatic carbocycles. The molecule has 0 aliphatic heterocycles. The highest BCUT2D eigenvalue weighted by atomic mass is 79.9. The van der Waals surface area contributed by atoms with Gasteiger partial charge in [-0.1, -0.05) is 88.2 Å². The first-order chi connectivity index (χ1) is 9.75. The first kappa shape index (κ1) is 13.4. The average Bonchev–Trinajstić information content (AvgIpc) is 2.48. The maximum Gasteiger partial charge on any atom is 0.0490 e. The van der Waals surface area contributed by atoms with Crippen molar-refractivity contribution in [3.63, 3.8) is 0 Å². The van der Waals surface area contributed by atoms with Crippen LogP contribution in [0.4, 0.5) is 0 Å². The third-order valence-electron chi connectivity index (χ3n) is 3.24. The average molecular weight is 344 g/mol. The molecule has 0 saturated carbocycles. The lowest BCUT2D eigenvalue weighted by Gasteiger charge is -2.09. The van der Waals surface area contributed by atoms with E-state index in [0.29, 0.717) is 0 Å². The molecule has 0 atom stereocenters. The van der Waals surface area contributed by atoms with E-state index in [-0.39, 0.29) is 0 Å². The number of hydrogen-bond acceptors (Lipinski definition) is 0. The van der Waals surface area contributed by atoms with Crippen molar-refractivity contribution < 1.29 is 0 Å². The van der Waals surface area contributed by atoms with Crippen LogP contribution in [0.2, 0.25) is 5.02 Å². The Morgan fingerprint density at radius 1 is 0.650 bits per heavy atom. The van der Waals surface area contributed by atoms with Gasteiger partial charge < -0.3 is 0 Å². The van der Waals surface area contributed by atoms with Crippen molar-refractivity contribution >= 4 is 27.5 Å². The summed E-state index contributed by atoms with van der Waals surface area (Å²) in [4.78, 5) is 0. The Hall–Kier alpha value is -1.57. The van der Waals surface area contributed by atoms with Gasteiger partial charge in [-0.25, -0.2) is 0 Å². The van der Waals surface area contributed by atoms with E-state index in [9.17, 15) is 0 Å². The molecule has 0 amide bonds. The van der Waals surface area contributed by atoms with Crippen molar-refractivity contribution in [2.45, 2.75) is 0 Å². The van der Waals surface area contributed by atoms with E-state index in [1.807, 2.05) is 42.5 Å². The molecule has 0 fully saturated rings. The molecule has 0 heterocycles. The molecule has 3 aromatic rings. The third kappa shape index (κ3) is 2.65. The fraction of sp³-hybridized carbons (Fsp3) is 0. The normalized spacial score (nSPS) is 10.5. The zero-order valence-electron chi connectivity index (χ0n) is 10.7. The van der Waals surface area contributed by atoms with E-state index in [1.165, 1.54) is 0 Å². The first-order valence-corrected chi connectivity index (χ1v) is 7.52. The van der Waals surface area contributed by atoms with Crippen molar-refractivity contribution in [2.75, 3.05) is 0 Å². The van der Waals surface area contributed by atoms with Crippen LogP contribution in [0.5, 0.6) is 0 Å². The van der Waals surface area contributed by atoms with Crippen molar-refractivity contribution in [3.8, 4) is 22.3 Å². The molecule has 0 bridgehead atoms.